The van der Waals surface area contributed by atoms with Crippen LogP contribution in [0.4, 0.5) is 24.9 Å². The average Bonchev–Trinajstić information content (AvgIpc) is 2.90. The summed E-state index contributed by atoms with van der Waals surface area (Å²) in [6.07, 6.45) is -2.90. The zero-order valence-corrected chi connectivity index (χ0v) is 10.4. The van der Waals surface area contributed by atoms with Crippen molar-refractivity contribution in [3.63, 3.8) is 0 Å². The molecule has 0 atom stereocenters. The van der Waals surface area contributed by atoms with Gasteiger partial charge >= 0.3 is 6.18 Å². The third-order valence-corrected chi connectivity index (χ3v) is 2.29. The fraction of sp³-hybridized carbons (Fsp3) is 0.400. The number of anilines is 2. The summed E-state index contributed by atoms with van der Waals surface area (Å²) < 4.78 is 42.7. The smallest absolute Gasteiger partial charge is 0.369 e. The molecule has 2 aromatic heterocycles. The topological polar surface area (TPSA) is 88.8 Å². The van der Waals surface area contributed by atoms with E-state index in [0.29, 0.717) is 18.9 Å². The molecule has 0 amide bonds. The molecule has 2 N–H and O–H groups in total. The van der Waals surface area contributed by atoms with Crippen molar-refractivity contribution in [2.75, 3.05) is 24.2 Å². The Morgan fingerprint density at radius 1 is 1.30 bits per heavy atom. The van der Waals surface area contributed by atoms with Gasteiger partial charge in [-0.25, -0.2) is 4.98 Å². The van der Waals surface area contributed by atoms with Gasteiger partial charge in [0, 0.05) is 26.1 Å². The van der Waals surface area contributed by atoms with Crippen molar-refractivity contribution in [3.05, 3.63) is 24.0 Å². The molecule has 2 aromatic rings. The highest BCUT2D eigenvalue weighted by molar-refractivity contribution is 5.42. The highest BCUT2D eigenvalue weighted by atomic mass is 19.4. The van der Waals surface area contributed by atoms with Gasteiger partial charge in [0.15, 0.2) is 12.0 Å². The summed E-state index contributed by atoms with van der Waals surface area (Å²) in [6, 6.07) is 0.842. The second-order valence-corrected chi connectivity index (χ2v) is 3.72. The Morgan fingerprint density at radius 3 is 2.70 bits per heavy atom. The summed E-state index contributed by atoms with van der Waals surface area (Å²) in [4.78, 5) is 11.0. The Hall–Kier alpha value is -2.39. The van der Waals surface area contributed by atoms with E-state index in [0.717, 1.165) is 6.07 Å². The Labute approximate surface area is 111 Å². The highest BCUT2D eigenvalue weighted by Gasteiger charge is 2.33. The molecular weight excluding hydrogens is 277 g/mol. The van der Waals surface area contributed by atoms with Gasteiger partial charge in [0.2, 0.25) is 11.8 Å². The van der Waals surface area contributed by atoms with Crippen molar-refractivity contribution in [2.45, 2.75) is 12.6 Å². The lowest BCUT2D eigenvalue weighted by atomic mass is 10.3. The molecule has 0 aliphatic rings. The molecule has 2 heterocycles. The number of halogens is 3. The fourth-order valence-corrected chi connectivity index (χ4v) is 1.40. The van der Waals surface area contributed by atoms with E-state index in [9.17, 15) is 13.2 Å². The second-order valence-electron chi connectivity index (χ2n) is 3.72. The number of alkyl halides is 3. The van der Waals surface area contributed by atoms with Crippen molar-refractivity contribution < 1.29 is 17.7 Å². The number of hydrogen-bond donors (Lipinski definition) is 2. The van der Waals surface area contributed by atoms with Gasteiger partial charge in [-0.15, -0.1) is 0 Å². The van der Waals surface area contributed by atoms with Gasteiger partial charge in [-0.3, -0.25) is 0 Å². The lowest BCUT2D eigenvalue weighted by molar-refractivity contribution is -0.141. The zero-order chi connectivity index (χ0) is 14.6. The van der Waals surface area contributed by atoms with Crippen LogP contribution < -0.4 is 10.6 Å². The number of hydrogen-bond acceptors (Lipinski definition) is 7. The lowest BCUT2D eigenvalue weighted by Crippen LogP contribution is -2.14. The first-order valence-electron chi connectivity index (χ1n) is 5.62. The fourth-order valence-electron chi connectivity index (χ4n) is 1.40. The molecule has 0 radical (unpaired) electrons. The average molecular weight is 288 g/mol. The minimum atomic E-state index is -4.53. The van der Waals surface area contributed by atoms with Crippen LogP contribution in [0.25, 0.3) is 0 Å². The molecule has 108 valence electrons. The van der Waals surface area contributed by atoms with Gasteiger partial charge in [0.1, 0.15) is 5.82 Å². The zero-order valence-electron chi connectivity index (χ0n) is 10.4. The van der Waals surface area contributed by atoms with Crippen LogP contribution in [-0.2, 0) is 12.6 Å². The van der Waals surface area contributed by atoms with Gasteiger partial charge in [-0.1, -0.05) is 5.16 Å². The quantitative estimate of drug-likeness (QED) is 0.863. The largest absolute Gasteiger partial charge is 0.433 e. The standard InChI is InChI=1S/C10H11F3N6O/c1-14-9-18-6(10(11,12)13)4-7(19-9)15-3-2-8-16-5-17-20-8/h4-5H,2-3H2,1H3,(H2,14,15,18,19). The Kier molecular flexibility index (Phi) is 4.01. The van der Waals surface area contributed by atoms with Gasteiger partial charge in [-0.05, 0) is 0 Å². The predicted octanol–water partition coefficient (Wildman–Crippen LogP) is 1.57. The first-order valence-corrected chi connectivity index (χ1v) is 5.62. The van der Waals surface area contributed by atoms with Crippen molar-refractivity contribution in [1.82, 2.24) is 20.1 Å². The summed E-state index contributed by atoms with van der Waals surface area (Å²) in [5.74, 6) is 0.341. The normalized spacial score (nSPS) is 11.4. The maximum absolute atomic E-state index is 12.7. The molecule has 10 heteroatoms. The SMILES string of the molecule is CNc1nc(NCCc2ncno2)cc(C(F)(F)F)n1. The number of rotatable bonds is 5. The first kappa shape index (κ1) is 14.0. The summed E-state index contributed by atoms with van der Waals surface area (Å²) in [6.45, 7) is 0.305. The predicted molar refractivity (Wildman–Crippen MR) is 63.1 cm³/mol. The van der Waals surface area contributed by atoms with E-state index >= 15 is 0 Å². The highest BCUT2D eigenvalue weighted by Crippen LogP contribution is 2.29. The van der Waals surface area contributed by atoms with Crippen molar-refractivity contribution >= 4 is 11.8 Å². The van der Waals surface area contributed by atoms with Crippen molar-refractivity contribution in [3.8, 4) is 0 Å². The van der Waals surface area contributed by atoms with E-state index < -0.39 is 11.9 Å². The number of aromatic nitrogens is 4. The second kappa shape index (κ2) is 5.72. The van der Waals surface area contributed by atoms with Crippen LogP contribution in [0.2, 0.25) is 0 Å². The molecule has 0 spiro atoms. The van der Waals surface area contributed by atoms with E-state index in [1.54, 1.807) is 0 Å². The van der Waals surface area contributed by atoms with Crippen molar-refractivity contribution in [2.24, 2.45) is 0 Å². The van der Waals surface area contributed by atoms with Crippen LogP contribution in [-0.4, -0.2) is 33.7 Å². The monoisotopic (exact) mass is 288 g/mol. The number of nitrogens with zero attached hydrogens (tertiary/aromatic N) is 4. The van der Waals surface area contributed by atoms with Crippen molar-refractivity contribution in [1.29, 1.82) is 0 Å². The molecule has 2 rings (SSSR count). The summed E-state index contributed by atoms with van der Waals surface area (Å²) in [7, 11) is 1.44. The minimum Gasteiger partial charge on any atom is -0.369 e. The Bertz CT molecular complexity index is 557. The molecule has 7 nitrogen and oxygen atoms in total. The molecule has 0 unspecified atom stereocenters. The van der Waals surface area contributed by atoms with Crippen LogP contribution in [0, 0.1) is 0 Å². The molecule has 0 saturated heterocycles. The molecular formula is C10H11F3N6O. The summed E-state index contributed by atoms with van der Waals surface area (Å²) in [5.41, 5.74) is -1.02. The van der Waals surface area contributed by atoms with Gasteiger partial charge in [0.05, 0.1) is 0 Å². The molecule has 20 heavy (non-hydrogen) atoms. The Morgan fingerprint density at radius 2 is 2.10 bits per heavy atom. The van der Waals surface area contributed by atoms with E-state index in [1.807, 2.05) is 0 Å². The molecule has 0 aromatic carbocycles. The maximum Gasteiger partial charge on any atom is 0.433 e. The molecule has 0 bridgehead atoms. The van der Waals surface area contributed by atoms with E-state index in [1.165, 1.54) is 13.4 Å². The Balaban J connectivity index is 2.06. The van der Waals surface area contributed by atoms with Crippen LogP contribution in [0.5, 0.6) is 0 Å². The lowest BCUT2D eigenvalue weighted by Gasteiger charge is -2.11. The summed E-state index contributed by atoms with van der Waals surface area (Å²) in [5, 5.41) is 8.66. The number of nitrogens with one attached hydrogen (secondary N) is 2. The maximum atomic E-state index is 12.7. The van der Waals surface area contributed by atoms with Gasteiger partial charge in [0.25, 0.3) is 0 Å². The van der Waals surface area contributed by atoms with E-state index in [4.69, 9.17) is 4.52 Å². The molecule has 0 saturated carbocycles. The minimum absolute atomic E-state index is 0.0659. The van der Waals surface area contributed by atoms with E-state index in [2.05, 4.69) is 30.7 Å². The van der Waals surface area contributed by atoms with Crippen LogP contribution >= 0.6 is 0 Å². The molecule has 0 aliphatic heterocycles. The van der Waals surface area contributed by atoms with E-state index in [-0.39, 0.29) is 11.8 Å². The molecule has 0 fully saturated rings. The van der Waals surface area contributed by atoms with Crippen LogP contribution in [0.3, 0.4) is 0 Å². The third kappa shape index (κ3) is 3.56. The first-order chi connectivity index (χ1) is 9.49. The summed E-state index contributed by atoms with van der Waals surface area (Å²) >= 11 is 0. The molecule has 0 aliphatic carbocycles. The van der Waals surface area contributed by atoms with Gasteiger partial charge < -0.3 is 15.2 Å². The third-order valence-electron chi connectivity index (χ3n) is 2.29. The van der Waals surface area contributed by atoms with Crippen LogP contribution in [0.1, 0.15) is 11.6 Å². The van der Waals surface area contributed by atoms with Crippen LogP contribution in [0.15, 0.2) is 16.9 Å². The van der Waals surface area contributed by atoms with Gasteiger partial charge in [-0.2, -0.15) is 23.1 Å².